The molecule has 0 bridgehead atoms. The molecule has 3 heteroatoms. The molecule has 4 atom stereocenters. The van der Waals surface area contributed by atoms with Crippen LogP contribution in [0.15, 0.2) is 12.7 Å². The van der Waals surface area contributed by atoms with Crippen molar-refractivity contribution in [2.45, 2.75) is 83.7 Å². The first-order valence-corrected chi connectivity index (χ1v) is 10.3. The number of hydrogen-bond donors (Lipinski definition) is 1. The molecule has 0 spiro atoms. The predicted molar refractivity (Wildman–Crippen MR) is 89.4 cm³/mol. The van der Waals surface area contributed by atoms with Crippen molar-refractivity contribution in [2.75, 3.05) is 0 Å². The van der Waals surface area contributed by atoms with Gasteiger partial charge in [-0.3, -0.25) is 0 Å². The Morgan fingerprint density at radius 2 is 1.55 bits per heavy atom. The predicted octanol–water partition coefficient (Wildman–Crippen LogP) is 4.75. The Hall–Kier alpha value is -0.123. The minimum atomic E-state index is -1.88. The number of aliphatic hydroxyl groups excluding tert-OH is 1. The van der Waals surface area contributed by atoms with E-state index >= 15 is 0 Å². The highest BCUT2D eigenvalue weighted by Crippen LogP contribution is 2.47. The van der Waals surface area contributed by atoms with E-state index in [0.717, 1.165) is 6.42 Å². The maximum absolute atomic E-state index is 10.2. The van der Waals surface area contributed by atoms with Crippen LogP contribution < -0.4 is 0 Å². The van der Waals surface area contributed by atoms with Gasteiger partial charge >= 0.3 is 0 Å². The number of hydrogen-bond acceptors (Lipinski definition) is 2. The lowest BCUT2D eigenvalue weighted by molar-refractivity contribution is 0.0850. The van der Waals surface area contributed by atoms with E-state index in [9.17, 15) is 5.11 Å². The summed E-state index contributed by atoms with van der Waals surface area (Å²) < 4.78 is 6.88. The molecular weight excluding hydrogens is 264 g/mol. The van der Waals surface area contributed by atoms with E-state index in [2.05, 4.69) is 55.0 Å². The summed E-state index contributed by atoms with van der Waals surface area (Å²) in [6.45, 7) is 20.0. The van der Waals surface area contributed by atoms with Gasteiger partial charge in [-0.2, -0.15) is 0 Å². The van der Waals surface area contributed by atoms with Gasteiger partial charge < -0.3 is 9.53 Å². The van der Waals surface area contributed by atoms with Crippen molar-refractivity contribution in [3.8, 4) is 0 Å². The summed E-state index contributed by atoms with van der Waals surface area (Å²) in [4.78, 5) is 0. The summed E-state index contributed by atoms with van der Waals surface area (Å²) in [5.74, 6) is 0.504. The molecule has 0 heterocycles. The molecule has 2 nitrogen and oxygen atoms in total. The van der Waals surface area contributed by atoms with Gasteiger partial charge in [0.05, 0.1) is 12.2 Å². The van der Waals surface area contributed by atoms with Crippen LogP contribution in [0.5, 0.6) is 0 Å². The molecule has 1 fully saturated rings. The zero-order chi connectivity index (χ0) is 15.7. The van der Waals surface area contributed by atoms with Crippen molar-refractivity contribution in [1.82, 2.24) is 0 Å². The lowest BCUT2D eigenvalue weighted by Gasteiger charge is -2.45. The maximum atomic E-state index is 10.2. The molecule has 0 aromatic carbocycles. The lowest BCUT2D eigenvalue weighted by atomic mass is 10.0. The summed E-state index contributed by atoms with van der Waals surface area (Å²) in [5, 5.41) is 10.2. The van der Waals surface area contributed by atoms with Gasteiger partial charge in [-0.1, -0.05) is 54.5 Å². The fraction of sp³-hybridized carbons (Fsp3) is 0.882. The van der Waals surface area contributed by atoms with Crippen LogP contribution in [0, 0.1) is 11.8 Å². The highest BCUT2D eigenvalue weighted by atomic mass is 28.4. The van der Waals surface area contributed by atoms with Gasteiger partial charge in [-0.05, 0) is 29.0 Å². The normalized spacial score (nSPS) is 31.6. The molecule has 118 valence electrons. The first-order chi connectivity index (χ1) is 9.18. The SMILES string of the molecule is C=C[C@H]1[C@@H](O[Si](C(C)C)(C(C)C)C(C)C)[C@H](C)C[C@H]1O. The van der Waals surface area contributed by atoms with E-state index in [1.807, 2.05) is 6.08 Å². The molecule has 0 aromatic heterocycles. The van der Waals surface area contributed by atoms with Gasteiger partial charge in [-0.25, -0.2) is 0 Å². The first-order valence-electron chi connectivity index (χ1n) is 8.16. The molecule has 0 aliphatic heterocycles. The fourth-order valence-electron chi connectivity index (χ4n) is 4.40. The van der Waals surface area contributed by atoms with Crippen LogP contribution in [0.25, 0.3) is 0 Å². The van der Waals surface area contributed by atoms with Crippen LogP contribution in [0.4, 0.5) is 0 Å². The van der Waals surface area contributed by atoms with Crippen LogP contribution >= 0.6 is 0 Å². The van der Waals surface area contributed by atoms with Crippen LogP contribution in [-0.2, 0) is 4.43 Å². The molecular formula is C17H34O2Si. The van der Waals surface area contributed by atoms with Crippen LogP contribution in [0.2, 0.25) is 16.6 Å². The van der Waals surface area contributed by atoms with Gasteiger partial charge in [0.2, 0.25) is 8.32 Å². The van der Waals surface area contributed by atoms with E-state index in [1.165, 1.54) is 0 Å². The maximum Gasteiger partial charge on any atom is 0.200 e. The van der Waals surface area contributed by atoms with Gasteiger partial charge in [-0.15, -0.1) is 6.58 Å². The molecule has 1 saturated carbocycles. The number of rotatable bonds is 6. The second-order valence-electron chi connectivity index (χ2n) is 7.49. The third kappa shape index (κ3) is 3.05. The molecule has 0 unspecified atom stereocenters. The Labute approximate surface area is 126 Å². The van der Waals surface area contributed by atoms with Crippen molar-refractivity contribution in [3.05, 3.63) is 12.7 Å². The molecule has 1 aliphatic rings. The topological polar surface area (TPSA) is 29.5 Å². The Balaban J connectivity index is 3.09. The molecule has 0 saturated heterocycles. The van der Waals surface area contributed by atoms with Gasteiger partial charge in [0.25, 0.3) is 0 Å². The zero-order valence-corrected chi connectivity index (χ0v) is 15.4. The minimum absolute atomic E-state index is 0.0909. The lowest BCUT2D eigenvalue weighted by Crippen LogP contribution is -2.51. The van der Waals surface area contributed by atoms with Crippen LogP contribution in [-0.4, -0.2) is 25.6 Å². The highest BCUT2D eigenvalue weighted by Gasteiger charge is 2.50. The Morgan fingerprint density at radius 3 is 1.90 bits per heavy atom. The van der Waals surface area contributed by atoms with E-state index in [0.29, 0.717) is 22.5 Å². The van der Waals surface area contributed by atoms with Crippen molar-refractivity contribution in [2.24, 2.45) is 11.8 Å². The monoisotopic (exact) mass is 298 g/mol. The average Bonchev–Trinajstić information content (AvgIpc) is 2.58. The van der Waals surface area contributed by atoms with Gasteiger partial charge in [0.1, 0.15) is 0 Å². The zero-order valence-electron chi connectivity index (χ0n) is 14.4. The molecule has 0 amide bonds. The van der Waals surface area contributed by atoms with Crippen molar-refractivity contribution < 1.29 is 9.53 Å². The highest BCUT2D eigenvalue weighted by molar-refractivity contribution is 6.77. The first kappa shape index (κ1) is 17.9. The van der Waals surface area contributed by atoms with Gasteiger partial charge in [0, 0.05) is 5.92 Å². The summed E-state index contributed by atoms with van der Waals surface area (Å²) in [6, 6.07) is 0. The van der Waals surface area contributed by atoms with E-state index in [1.54, 1.807) is 0 Å². The number of aliphatic hydroxyl groups is 1. The molecule has 0 aromatic rings. The Kier molecular flexibility index (Phi) is 6.06. The summed E-state index contributed by atoms with van der Waals surface area (Å²) in [6.07, 6.45) is 2.59. The minimum Gasteiger partial charge on any atom is -0.412 e. The van der Waals surface area contributed by atoms with E-state index in [-0.39, 0.29) is 18.1 Å². The molecule has 0 radical (unpaired) electrons. The summed E-state index contributed by atoms with van der Waals surface area (Å²) >= 11 is 0. The van der Waals surface area contributed by atoms with Crippen molar-refractivity contribution in [3.63, 3.8) is 0 Å². The van der Waals surface area contributed by atoms with Crippen molar-refractivity contribution >= 4 is 8.32 Å². The summed E-state index contributed by atoms with van der Waals surface area (Å²) in [5.41, 5.74) is 1.74. The van der Waals surface area contributed by atoms with E-state index < -0.39 is 8.32 Å². The summed E-state index contributed by atoms with van der Waals surface area (Å²) in [7, 11) is -1.88. The third-order valence-corrected chi connectivity index (χ3v) is 11.4. The van der Waals surface area contributed by atoms with Gasteiger partial charge in [0.15, 0.2) is 0 Å². The quantitative estimate of drug-likeness (QED) is 0.566. The molecule has 1 rings (SSSR count). The standard InChI is InChI=1S/C17H34O2Si/c1-9-15-16(18)10-14(8)17(15)19-20(11(2)3,12(4)5)13(6)7/h9,11-18H,1,10H2,2-8H3/t14-,15-,16-,17+/m1/s1. The largest absolute Gasteiger partial charge is 0.412 e. The molecule has 1 aliphatic carbocycles. The van der Waals surface area contributed by atoms with Crippen LogP contribution in [0.3, 0.4) is 0 Å². The molecule has 1 N–H and O–H groups in total. The average molecular weight is 299 g/mol. The third-order valence-electron chi connectivity index (χ3n) is 5.32. The molecule has 20 heavy (non-hydrogen) atoms. The second kappa shape index (κ2) is 6.76. The fourth-order valence-corrected chi connectivity index (χ4v) is 10.1. The smallest absolute Gasteiger partial charge is 0.200 e. The van der Waals surface area contributed by atoms with E-state index in [4.69, 9.17) is 4.43 Å². The van der Waals surface area contributed by atoms with Crippen LogP contribution in [0.1, 0.15) is 54.9 Å². The van der Waals surface area contributed by atoms with Crippen molar-refractivity contribution in [1.29, 1.82) is 0 Å². The second-order valence-corrected chi connectivity index (χ2v) is 12.9. The Bertz CT molecular complexity index is 303. The Morgan fingerprint density at radius 1 is 1.10 bits per heavy atom.